The van der Waals surface area contributed by atoms with E-state index >= 15 is 0 Å². The van der Waals surface area contributed by atoms with Crippen molar-refractivity contribution >= 4 is 17.5 Å². The third-order valence-corrected chi connectivity index (χ3v) is 5.18. The first-order chi connectivity index (χ1) is 12.8. The van der Waals surface area contributed by atoms with Crippen LogP contribution in [0.1, 0.15) is 49.0 Å². The predicted octanol–water partition coefficient (Wildman–Crippen LogP) is 1.33. The van der Waals surface area contributed by atoms with Crippen LogP contribution in [0.15, 0.2) is 12.1 Å². The van der Waals surface area contributed by atoms with Crippen LogP contribution >= 0.6 is 0 Å². The number of benzene rings is 1. The van der Waals surface area contributed by atoms with Gasteiger partial charge in [0.1, 0.15) is 5.75 Å². The lowest BCUT2D eigenvalue weighted by atomic mass is 9.99. The molecule has 0 saturated carbocycles. The molecule has 3 rings (SSSR count). The van der Waals surface area contributed by atoms with Crippen LogP contribution in [0.3, 0.4) is 0 Å². The number of carbonyl (C=O) groups excluding carboxylic acids is 2. The topological polar surface area (TPSA) is 96.7 Å². The summed E-state index contributed by atoms with van der Waals surface area (Å²) in [4.78, 5) is 27.4. The molecular formula is C20H30N4O3. The summed E-state index contributed by atoms with van der Waals surface area (Å²) in [5, 5.41) is 6.40. The van der Waals surface area contributed by atoms with Crippen LogP contribution in [0.5, 0.6) is 5.75 Å². The maximum absolute atomic E-state index is 12.8. The Hall–Kier alpha value is -2.12. The van der Waals surface area contributed by atoms with Crippen LogP contribution in [-0.2, 0) is 4.79 Å². The summed E-state index contributed by atoms with van der Waals surface area (Å²) in [7, 11) is 0. The second-order valence-electron chi connectivity index (χ2n) is 7.86. The number of anilines is 1. The van der Waals surface area contributed by atoms with E-state index in [1.54, 1.807) is 24.8 Å². The molecule has 0 spiro atoms. The Labute approximate surface area is 160 Å². The van der Waals surface area contributed by atoms with Crippen molar-refractivity contribution < 1.29 is 14.3 Å². The average Bonchev–Trinajstić information content (AvgIpc) is 2.62. The van der Waals surface area contributed by atoms with E-state index in [-0.39, 0.29) is 17.9 Å². The van der Waals surface area contributed by atoms with Crippen molar-refractivity contribution in [1.82, 2.24) is 10.6 Å². The molecule has 7 nitrogen and oxygen atoms in total. The van der Waals surface area contributed by atoms with Gasteiger partial charge in [-0.05, 0) is 70.8 Å². The van der Waals surface area contributed by atoms with Gasteiger partial charge in [0, 0.05) is 24.7 Å². The van der Waals surface area contributed by atoms with E-state index in [2.05, 4.69) is 10.6 Å². The van der Waals surface area contributed by atoms with Gasteiger partial charge in [0.15, 0.2) is 5.60 Å². The van der Waals surface area contributed by atoms with Crippen LogP contribution < -0.4 is 26.0 Å². The van der Waals surface area contributed by atoms with E-state index in [9.17, 15) is 9.59 Å². The van der Waals surface area contributed by atoms with E-state index < -0.39 is 5.60 Å². The van der Waals surface area contributed by atoms with E-state index in [0.717, 1.165) is 31.5 Å². The zero-order valence-electron chi connectivity index (χ0n) is 16.4. The van der Waals surface area contributed by atoms with Gasteiger partial charge in [-0.3, -0.25) is 9.59 Å². The van der Waals surface area contributed by atoms with E-state index in [0.29, 0.717) is 36.5 Å². The van der Waals surface area contributed by atoms with Crippen LogP contribution in [0.4, 0.5) is 5.69 Å². The van der Waals surface area contributed by atoms with Crippen LogP contribution in [0.25, 0.3) is 0 Å². The molecule has 4 N–H and O–H groups in total. The fourth-order valence-electron chi connectivity index (χ4n) is 3.67. The quantitative estimate of drug-likeness (QED) is 0.722. The minimum absolute atomic E-state index is 0.111. The molecule has 0 aliphatic carbocycles. The number of amides is 2. The molecule has 2 heterocycles. The zero-order chi connectivity index (χ0) is 19.6. The smallest absolute Gasteiger partial charge is 0.270 e. The van der Waals surface area contributed by atoms with Gasteiger partial charge in [-0.2, -0.15) is 0 Å². The first kappa shape index (κ1) is 19.6. The minimum Gasteiger partial charge on any atom is -0.476 e. The number of nitrogens with two attached hydrogens (primary N) is 1. The Morgan fingerprint density at radius 2 is 2.22 bits per heavy atom. The van der Waals surface area contributed by atoms with Gasteiger partial charge in [-0.1, -0.05) is 0 Å². The monoisotopic (exact) mass is 374 g/mol. The first-order valence-corrected chi connectivity index (χ1v) is 9.71. The minimum atomic E-state index is -0.939. The Bertz CT molecular complexity index is 726. The third kappa shape index (κ3) is 4.09. The number of piperidine rings is 1. The maximum Gasteiger partial charge on any atom is 0.270 e. The van der Waals surface area contributed by atoms with Crippen molar-refractivity contribution in [2.75, 3.05) is 31.1 Å². The maximum atomic E-state index is 12.8. The van der Waals surface area contributed by atoms with Crippen molar-refractivity contribution in [1.29, 1.82) is 0 Å². The molecule has 1 fully saturated rings. The van der Waals surface area contributed by atoms with Crippen molar-refractivity contribution in [2.24, 2.45) is 5.73 Å². The van der Waals surface area contributed by atoms with Gasteiger partial charge >= 0.3 is 0 Å². The molecule has 1 aromatic carbocycles. The van der Waals surface area contributed by atoms with Crippen LogP contribution in [0, 0.1) is 6.92 Å². The number of aryl methyl sites for hydroxylation is 1. The normalized spacial score (nSPS) is 21.4. The summed E-state index contributed by atoms with van der Waals surface area (Å²) in [6, 6.07) is 3.76. The van der Waals surface area contributed by atoms with Crippen molar-refractivity contribution in [3.05, 3.63) is 23.3 Å². The molecule has 148 valence electrons. The van der Waals surface area contributed by atoms with Crippen molar-refractivity contribution in [3.8, 4) is 5.75 Å². The lowest BCUT2D eigenvalue weighted by molar-refractivity contribution is -0.132. The lowest BCUT2D eigenvalue weighted by Crippen LogP contribution is -2.53. The van der Waals surface area contributed by atoms with Gasteiger partial charge < -0.3 is 26.0 Å². The molecule has 0 aromatic heterocycles. The molecule has 2 aliphatic heterocycles. The molecule has 1 saturated heterocycles. The summed E-state index contributed by atoms with van der Waals surface area (Å²) in [5.74, 6) is 0.403. The highest BCUT2D eigenvalue weighted by Crippen LogP contribution is 2.39. The number of nitrogens with zero attached hydrogens (tertiary/aromatic N) is 1. The van der Waals surface area contributed by atoms with E-state index in [1.165, 1.54) is 0 Å². The number of ether oxygens (including phenoxy) is 1. The number of rotatable bonds is 5. The average molecular weight is 374 g/mol. The second-order valence-corrected chi connectivity index (χ2v) is 7.86. The standard InChI is InChI=1S/C20H30N4O3/c1-13-10-17-16(24(9-5-7-21)19(26)20(2,3)27-17)11-15(13)18(25)23-14-6-4-8-22-12-14/h10-11,14,22H,4-9,12,21H2,1-3H3,(H,23,25)/t14-/m1/s1. The molecule has 0 bridgehead atoms. The third-order valence-electron chi connectivity index (χ3n) is 5.18. The lowest BCUT2D eigenvalue weighted by Gasteiger charge is -2.39. The van der Waals surface area contributed by atoms with E-state index in [1.807, 2.05) is 13.0 Å². The number of carbonyl (C=O) groups is 2. The number of hydrogen-bond acceptors (Lipinski definition) is 5. The summed E-state index contributed by atoms with van der Waals surface area (Å²) in [5.41, 5.74) is 6.76. The highest BCUT2D eigenvalue weighted by molar-refractivity contribution is 6.04. The zero-order valence-corrected chi connectivity index (χ0v) is 16.4. The number of fused-ring (bicyclic) bond motifs is 1. The largest absolute Gasteiger partial charge is 0.476 e. The molecule has 2 aliphatic rings. The number of hydrogen-bond donors (Lipinski definition) is 3. The highest BCUT2D eigenvalue weighted by atomic mass is 16.5. The fourth-order valence-corrected chi connectivity index (χ4v) is 3.67. The Morgan fingerprint density at radius 3 is 2.89 bits per heavy atom. The SMILES string of the molecule is Cc1cc2c(cc1C(=O)N[C@@H]1CCCNC1)N(CCCN)C(=O)C(C)(C)O2. The Morgan fingerprint density at radius 1 is 1.44 bits per heavy atom. The van der Waals surface area contributed by atoms with Crippen molar-refractivity contribution in [2.45, 2.75) is 51.7 Å². The Balaban J connectivity index is 1.91. The fraction of sp³-hybridized carbons (Fsp3) is 0.600. The molecule has 0 unspecified atom stereocenters. The predicted molar refractivity (Wildman–Crippen MR) is 105 cm³/mol. The molecule has 2 amide bonds. The van der Waals surface area contributed by atoms with Gasteiger partial charge in [0.25, 0.3) is 11.8 Å². The molecule has 1 aromatic rings. The summed E-state index contributed by atoms with van der Waals surface area (Å²) < 4.78 is 5.94. The summed E-state index contributed by atoms with van der Waals surface area (Å²) >= 11 is 0. The molecule has 27 heavy (non-hydrogen) atoms. The highest BCUT2D eigenvalue weighted by Gasteiger charge is 2.41. The number of nitrogens with one attached hydrogen (secondary N) is 2. The van der Waals surface area contributed by atoms with Crippen LogP contribution in [0.2, 0.25) is 0 Å². The molecule has 0 radical (unpaired) electrons. The van der Waals surface area contributed by atoms with Crippen LogP contribution in [-0.4, -0.2) is 49.6 Å². The summed E-state index contributed by atoms with van der Waals surface area (Å²) in [6.07, 6.45) is 2.71. The summed E-state index contributed by atoms with van der Waals surface area (Å²) in [6.45, 7) is 8.20. The van der Waals surface area contributed by atoms with Crippen molar-refractivity contribution in [3.63, 3.8) is 0 Å². The van der Waals surface area contributed by atoms with Gasteiger partial charge in [-0.15, -0.1) is 0 Å². The molecule has 1 atom stereocenters. The first-order valence-electron chi connectivity index (χ1n) is 9.71. The van der Waals surface area contributed by atoms with Gasteiger partial charge in [-0.25, -0.2) is 0 Å². The van der Waals surface area contributed by atoms with Gasteiger partial charge in [0.2, 0.25) is 0 Å². The Kier molecular flexibility index (Phi) is 5.72. The second kappa shape index (κ2) is 7.86. The van der Waals surface area contributed by atoms with Gasteiger partial charge in [0.05, 0.1) is 5.69 Å². The molecular weight excluding hydrogens is 344 g/mol. The molecule has 7 heteroatoms. The van der Waals surface area contributed by atoms with E-state index in [4.69, 9.17) is 10.5 Å².